The Balaban J connectivity index is 2.42. The van der Waals surface area contributed by atoms with E-state index < -0.39 is 0 Å². The van der Waals surface area contributed by atoms with Crippen LogP contribution in [0.15, 0.2) is 42.5 Å². The molecule has 2 rings (SSSR count). The van der Waals surface area contributed by atoms with Crippen molar-refractivity contribution in [3.8, 4) is 11.1 Å². The maximum atomic E-state index is 12.2. The predicted octanol–water partition coefficient (Wildman–Crippen LogP) is 4.72. The molecule has 2 aromatic carbocycles. The molecule has 3 nitrogen and oxygen atoms in total. The van der Waals surface area contributed by atoms with E-state index in [4.69, 9.17) is 4.74 Å². The van der Waals surface area contributed by atoms with E-state index in [0.717, 1.165) is 22.4 Å². The number of carbonyl (C=O) groups excluding carboxylic acids is 1. The topological polar surface area (TPSA) is 29.5 Å². The summed E-state index contributed by atoms with van der Waals surface area (Å²) in [6, 6.07) is 14.5. The summed E-state index contributed by atoms with van der Waals surface area (Å²) in [5.74, 6) is 0.0807. The van der Waals surface area contributed by atoms with Gasteiger partial charge >= 0.3 is 0 Å². The van der Waals surface area contributed by atoms with E-state index in [1.807, 2.05) is 33.0 Å². The van der Waals surface area contributed by atoms with Gasteiger partial charge in [0.1, 0.15) is 0 Å². The minimum absolute atomic E-state index is 0.0262. The Labute approximate surface area is 151 Å². The zero-order chi connectivity index (χ0) is 17.0. The van der Waals surface area contributed by atoms with Gasteiger partial charge in [0.15, 0.2) is 0 Å². The molecule has 0 heterocycles. The molecule has 1 amide bonds. The molecule has 0 aliphatic heterocycles. The number of nitrogens with zero attached hydrogens (tertiary/aromatic N) is 1. The lowest BCUT2D eigenvalue weighted by Gasteiger charge is -2.21. The van der Waals surface area contributed by atoms with Crippen LogP contribution in [0.5, 0.6) is 0 Å². The van der Waals surface area contributed by atoms with E-state index in [1.54, 1.807) is 12.0 Å². The first-order valence-corrected chi connectivity index (χ1v) is 8.67. The van der Waals surface area contributed by atoms with Crippen molar-refractivity contribution in [3.05, 3.63) is 51.6 Å². The van der Waals surface area contributed by atoms with Crippen LogP contribution >= 0.6 is 22.6 Å². The zero-order valence-electron chi connectivity index (χ0n) is 14.0. The van der Waals surface area contributed by atoms with E-state index in [-0.39, 0.29) is 11.8 Å². The normalized spacial score (nSPS) is 10.9. The molecule has 0 saturated heterocycles. The number of halogens is 1. The van der Waals surface area contributed by atoms with Crippen molar-refractivity contribution < 1.29 is 9.53 Å². The van der Waals surface area contributed by atoms with Gasteiger partial charge in [0, 0.05) is 29.3 Å². The van der Waals surface area contributed by atoms with Crippen LogP contribution in [0.3, 0.4) is 0 Å². The Morgan fingerprint density at radius 3 is 2.39 bits per heavy atom. The number of amides is 1. The third-order valence-electron chi connectivity index (χ3n) is 3.76. The number of rotatable bonds is 5. The first-order valence-electron chi connectivity index (χ1n) is 7.59. The molecule has 0 bridgehead atoms. The van der Waals surface area contributed by atoms with Crippen LogP contribution in [0.25, 0.3) is 11.1 Å². The van der Waals surface area contributed by atoms with Crippen LogP contribution in [0.2, 0.25) is 0 Å². The van der Waals surface area contributed by atoms with Crippen molar-refractivity contribution in [1.29, 1.82) is 0 Å². The highest BCUT2D eigenvalue weighted by Gasteiger charge is 2.16. The van der Waals surface area contributed by atoms with Crippen molar-refractivity contribution in [2.24, 2.45) is 5.92 Å². The molecule has 23 heavy (non-hydrogen) atoms. The monoisotopic (exact) mass is 423 g/mol. The van der Waals surface area contributed by atoms with Gasteiger partial charge in [-0.05, 0) is 63.5 Å². The Morgan fingerprint density at radius 2 is 1.83 bits per heavy atom. The first kappa shape index (κ1) is 17.9. The van der Waals surface area contributed by atoms with E-state index in [0.29, 0.717) is 6.61 Å². The van der Waals surface area contributed by atoms with E-state index in [1.165, 1.54) is 3.57 Å². The second-order valence-corrected chi connectivity index (χ2v) is 7.08. The Morgan fingerprint density at radius 1 is 1.17 bits per heavy atom. The molecule has 122 valence electrons. The number of hydrogen-bond acceptors (Lipinski definition) is 2. The fourth-order valence-electron chi connectivity index (χ4n) is 2.49. The second-order valence-electron chi connectivity index (χ2n) is 5.83. The molecule has 0 N–H and O–H groups in total. The number of hydrogen-bond donors (Lipinski definition) is 0. The van der Waals surface area contributed by atoms with Crippen molar-refractivity contribution in [1.82, 2.24) is 0 Å². The van der Waals surface area contributed by atoms with E-state index in [9.17, 15) is 4.79 Å². The summed E-state index contributed by atoms with van der Waals surface area (Å²) >= 11 is 2.30. The molecule has 0 radical (unpaired) electrons. The molecule has 0 unspecified atom stereocenters. The fourth-order valence-corrected chi connectivity index (χ4v) is 2.85. The van der Waals surface area contributed by atoms with Gasteiger partial charge in [-0.25, -0.2) is 0 Å². The lowest BCUT2D eigenvalue weighted by molar-refractivity contribution is -0.121. The Bertz CT molecular complexity index is 680. The summed E-state index contributed by atoms with van der Waals surface area (Å²) in [5.41, 5.74) is 4.26. The summed E-state index contributed by atoms with van der Waals surface area (Å²) in [5, 5.41) is 0. The molecule has 0 aliphatic rings. The summed E-state index contributed by atoms with van der Waals surface area (Å²) in [6.07, 6.45) is 0. The predicted molar refractivity (Wildman–Crippen MR) is 104 cm³/mol. The van der Waals surface area contributed by atoms with E-state index >= 15 is 0 Å². The summed E-state index contributed by atoms with van der Waals surface area (Å²) < 4.78 is 6.56. The quantitative estimate of drug-likeness (QED) is 0.652. The van der Waals surface area contributed by atoms with Gasteiger partial charge in [-0.1, -0.05) is 32.0 Å². The molecule has 0 aliphatic carbocycles. The highest BCUT2D eigenvalue weighted by Crippen LogP contribution is 2.29. The van der Waals surface area contributed by atoms with Gasteiger partial charge in [-0.3, -0.25) is 4.79 Å². The van der Waals surface area contributed by atoms with Gasteiger partial charge in [0.05, 0.1) is 6.61 Å². The van der Waals surface area contributed by atoms with Crippen molar-refractivity contribution >= 4 is 34.2 Å². The van der Waals surface area contributed by atoms with Crippen LogP contribution in [-0.4, -0.2) is 20.1 Å². The van der Waals surface area contributed by atoms with Crippen molar-refractivity contribution in [2.75, 3.05) is 19.1 Å². The number of carbonyl (C=O) groups is 1. The summed E-state index contributed by atoms with van der Waals surface area (Å²) in [6.45, 7) is 4.34. The maximum Gasteiger partial charge on any atom is 0.229 e. The minimum Gasteiger partial charge on any atom is -0.380 e. The van der Waals surface area contributed by atoms with Gasteiger partial charge in [-0.2, -0.15) is 0 Å². The molecule has 0 aromatic heterocycles. The zero-order valence-corrected chi connectivity index (χ0v) is 16.1. The maximum absolute atomic E-state index is 12.2. The Kier molecular flexibility index (Phi) is 6.18. The molecule has 0 fully saturated rings. The standard InChI is InChI=1S/C19H22INO2/c1-13(2)19(22)21(3)17-9-10-18(15(11-17)12-23-4)14-5-7-16(20)8-6-14/h5-11,13H,12H2,1-4H3. The van der Waals surface area contributed by atoms with E-state index in [2.05, 4.69) is 52.9 Å². The van der Waals surface area contributed by atoms with Crippen LogP contribution in [0.4, 0.5) is 5.69 Å². The molecule has 0 saturated carbocycles. The fraction of sp³-hybridized carbons (Fsp3) is 0.316. The molecule has 4 heteroatoms. The highest BCUT2D eigenvalue weighted by molar-refractivity contribution is 14.1. The molecular weight excluding hydrogens is 401 g/mol. The highest BCUT2D eigenvalue weighted by atomic mass is 127. The SMILES string of the molecule is COCc1cc(N(C)C(=O)C(C)C)ccc1-c1ccc(I)cc1. The molecule has 0 atom stereocenters. The average Bonchev–Trinajstić information content (AvgIpc) is 2.54. The van der Waals surface area contributed by atoms with Gasteiger partial charge in [0.2, 0.25) is 5.91 Å². The van der Waals surface area contributed by atoms with Crippen LogP contribution in [0.1, 0.15) is 19.4 Å². The van der Waals surface area contributed by atoms with Crippen molar-refractivity contribution in [2.45, 2.75) is 20.5 Å². The molecule has 2 aromatic rings. The molecule has 0 spiro atoms. The first-order chi connectivity index (χ1) is 10.9. The number of anilines is 1. The van der Waals surface area contributed by atoms with Crippen LogP contribution in [0, 0.1) is 9.49 Å². The van der Waals surface area contributed by atoms with Gasteiger partial charge < -0.3 is 9.64 Å². The largest absolute Gasteiger partial charge is 0.380 e. The second kappa shape index (κ2) is 7.93. The smallest absolute Gasteiger partial charge is 0.229 e. The lowest BCUT2D eigenvalue weighted by Crippen LogP contribution is -2.30. The number of ether oxygens (including phenoxy) is 1. The third kappa shape index (κ3) is 4.32. The van der Waals surface area contributed by atoms with Crippen LogP contribution in [-0.2, 0) is 16.1 Å². The lowest BCUT2D eigenvalue weighted by atomic mass is 9.99. The average molecular weight is 423 g/mol. The third-order valence-corrected chi connectivity index (χ3v) is 4.47. The van der Waals surface area contributed by atoms with Gasteiger partial charge in [-0.15, -0.1) is 0 Å². The summed E-state index contributed by atoms with van der Waals surface area (Å²) in [7, 11) is 3.51. The van der Waals surface area contributed by atoms with Crippen LogP contribution < -0.4 is 4.90 Å². The number of benzene rings is 2. The van der Waals surface area contributed by atoms with Crippen molar-refractivity contribution in [3.63, 3.8) is 0 Å². The summed E-state index contributed by atoms with van der Waals surface area (Å²) in [4.78, 5) is 13.9. The van der Waals surface area contributed by atoms with Gasteiger partial charge in [0.25, 0.3) is 0 Å². The minimum atomic E-state index is -0.0262. The molecular formula is C19H22INO2. The number of methoxy groups -OCH3 is 1. The Hall–Kier alpha value is -1.40.